The van der Waals surface area contributed by atoms with Gasteiger partial charge in [0.2, 0.25) is 59.1 Å². The molecule has 1 aromatic heterocycles. The van der Waals surface area contributed by atoms with E-state index in [1.165, 1.54) is 80.1 Å². The van der Waals surface area contributed by atoms with Crippen molar-refractivity contribution in [3.05, 3.63) is 185 Å². The number of amides is 13. The summed E-state index contributed by atoms with van der Waals surface area (Å²) in [6.07, 6.45) is 2.35. The second kappa shape index (κ2) is 36.5. The Balaban J connectivity index is 1.22. The third kappa shape index (κ3) is 22.5. The minimum Gasteiger partial charge on any atom is -0.508 e. The molecule has 0 spiro atoms. The van der Waals surface area contributed by atoms with Crippen molar-refractivity contribution < 1.29 is 72.5 Å². The van der Waals surface area contributed by atoms with E-state index in [0.717, 1.165) is 18.2 Å². The molecule has 101 heavy (non-hydrogen) atoms. The lowest BCUT2D eigenvalue weighted by Crippen LogP contribution is -2.60. The number of aromatic nitrogens is 2. The average molecular weight is 1390 g/mol. The Morgan fingerprint density at radius 1 is 0.495 bits per heavy atom. The fourth-order valence-electron chi connectivity index (χ4n) is 11.1. The van der Waals surface area contributed by atoms with Gasteiger partial charge in [-0.2, -0.15) is 0 Å². The third-order valence-electron chi connectivity index (χ3n) is 16.7. The molecule has 8 rings (SSSR count). The standard InChI is InChI=1S/C70H82N16O15/c1-39-60(91)80-51-17-9-11-27-74-61(92)44-31-45(33-46(32-44)63(94)86-58(43-14-6-3-7-15-43)70(101)84-53(67(98)78-39)29-41-18-22-48(87)23-19-41)62(93)75-36-56(59(72)90)85-69(100)55(34-47-35-73-38-77-47)83-65(96)50(16-8-10-26-71)79-57(89)37-76-64(95)52(28-40-12-4-2-5-13-40)81-68(99)54(82-66(51)97)30-42-20-24-49(88)25-21-42/h2-7,12-15,18-25,31-33,35,38-39,50-56,58,87-88H,8-11,16-17,26-30,34,36-37,71H2,1H3,(H2,72,90)(H,73,77)(H,74,92)(H,75,93)(H,76,95)(H,78,98)(H,79,89)(H,80,91)(H,81,99)(H,82,97)(H,83,96)(H,84,101)(H,85,100)(H,86,94)/t39-,50-,51+,52-,53+,54+,55+,56+,58+/m1/s1. The Morgan fingerprint density at radius 3 is 1.59 bits per heavy atom. The molecule has 3 heterocycles. The Hall–Kier alpha value is -12.0. The van der Waals surface area contributed by atoms with E-state index in [2.05, 4.69) is 73.8 Å². The van der Waals surface area contributed by atoms with Gasteiger partial charge in [-0.1, -0.05) is 84.9 Å². The molecule has 2 aliphatic heterocycles. The van der Waals surface area contributed by atoms with E-state index >= 15 is 0 Å². The lowest BCUT2D eigenvalue weighted by Gasteiger charge is -2.27. The van der Waals surface area contributed by atoms with Crippen molar-refractivity contribution in [1.29, 1.82) is 0 Å². The number of hydrogen-bond acceptors (Lipinski definition) is 17. The van der Waals surface area contributed by atoms with Crippen LogP contribution in [0.15, 0.2) is 140 Å². The summed E-state index contributed by atoms with van der Waals surface area (Å²) in [6, 6.07) is 17.3. The molecule has 0 aliphatic carbocycles. The van der Waals surface area contributed by atoms with Crippen LogP contribution in [-0.2, 0) is 73.6 Å². The van der Waals surface area contributed by atoms with Crippen LogP contribution in [0.2, 0.25) is 0 Å². The minimum absolute atomic E-state index is 0.0311. The van der Waals surface area contributed by atoms with Gasteiger partial charge in [-0.15, -0.1) is 0 Å². The Bertz CT molecular complexity index is 3940. The van der Waals surface area contributed by atoms with E-state index < -0.39 is 144 Å². The zero-order valence-corrected chi connectivity index (χ0v) is 55.2. The van der Waals surface area contributed by atoms with Crippen molar-refractivity contribution in [3.8, 4) is 11.5 Å². The normalized spacial score (nSPS) is 22.5. The molecule has 9 atom stereocenters. The second-order valence-corrected chi connectivity index (χ2v) is 24.4. The Kier molecular flexibility index (Phi) is 27.0. The van der Waals surface area contributed by atoms with Crippen LogP contribution in [0.5, 0.6) is 11.5 Å². The summed E-state index contributed by atoms with van der Waals surface area (Å²) >= 11 is 0. The number of nitrogens with two attached hydrogens (primary N) is 2. The minimum atomic E-state index is -1.70. The molecule has 0 radical (unpaired) electrons. The fraction of sp³-hybridized carbons (Fsp3) is 0.343. The third-order valence-corrected chi connectivity index (χ3v) is 16.7. The largest absolute Gasteiger partial charge is 0.508 e. The summed E-state index contributed by atoms with van der Waals surface area (Å²) in [5.41, 5.74) is 12.6. The number of imidazole rings is 1. The zero-order valence-electron chi connectivity index (χ0n) is 55.2. The van der Waals surface area contributed by atoms with Gasteiger partial charge < -0.3 is 90.5 Å². The molecule has 0 saturated heterocycles. The van der Waals surface area contributed by atoms with Crippen molar-refractivity contribution in [1.82, 2.24) is 73.8 Å². The number of nitrogens with zero attached hydrogens (tertiary/aromatic N) is 1. The van der Waals surface area contributed by atoms with Crippen molar-refractivity contribution in [2.75, 3.05) is 26.2 Å². The summed E-state index contributed by atoms with van der Waals surface area (Å²) in [7, 11) is 0. The molecular weight excluding hydrogens is 1300 g/mol. The molecule has 0 unspecified atom stereocenters. The summed E-state index contributed by atoms with van der Waals surface area (Å²) in [6.45, 7) is -0.0800. The number of H-pyrrole nitrogens is 1. The molecule has 6 aromatic rings. The first-order valence-corrected chi connectivity index (χ1v) is 32.8. The summed E-state index contributed by atoms with van der Waals surface area (Å²) in [4.78, 5) is 194. The molecule has 532 valence electrons. The number of phenols is 2. The van der Waals surface area contributed by atoms with Gasteiger partial charge in [0.15, 0.2) is 0 Å². The van der Waals surface area contributed by atoms with Gasteiger partial charge in [0.25, 0.3) is 17.7 Å². The predicted molar refractivity (Wildman–Crippen MR) is 364 cm³/mol. The molecule has 5 aromatic carbocycles. The van der Waals surface area contributed by atoms with Crippen LogP contribution in [0.3, 0.4) is 0 Å². The number of nitrogens with one attached hydrogen (secondary N) is 13. The lowest BCUT2D eigenvalue weighted by molar-refractivity contribution is -0.135. The molecule has 0 fully saturated rings. The van der Waals surface area contributed by atoms with Crippen molar-refractivity contribution >= 4 is 76.8 Å². The zero-order chi connectivity index (χ0) is 72.5. The summed E-state index contributed by atoms with van der Waals surface area (Å²) < 4.78 is 0. The fourth-order valence-corrected chi connectivity index (χ4v) is 11.1. The number of aromatic amines is 1. The van der Waals surface area contributed by atoms with Gasteiger partial charge in [-0.3, -0.25) is 62.3 Å². The number of carbonyl (C=O) groups is 13. The number of phenolic OH excluding ortho intramolecular Hbond substituents is 2. The average Bonchev–Trinajstić information content (AvgIpc) is 1.18. The molecule has 13 amide bonds. The summed E-state index contributed by atoms with van der Waals surface area (Å²) in [5.74, 6) is -12.6. The molecule has 0 saturated carbocycles. The van der Waals surface area contributed by atoms with Gasteiger partial charge in [-0.25, -0.2) is 4.98 Å². The van der Waals surface area contributed by atoms with E-state index in [1.807, 2.05) is 0 Å². The molecule has 19 N–H and O–H groups in total. The van der Waals surface area contributed by atoms with Crippen LogP contribution in [0.4, 0.5) is 0 Å². The number of rotatable bonds is 14. The Morgan fingerprint density at radius 2 is 1.01 bits per heavy atom. The molecular formula is C70H82N16O15. The maximum Gasteiger partial charge on any atom is 0.252 e. The molecule has 4 bridgehead atoms. The maximum atomic E-state index is 15.0. The molecule has 31 heteroatoms. The number of carbonyl (C=O) groups excluding carboxylic acids is 13. The monoisotopic (exact) mass is 1390 g/mol. The van der Waals surface area contributed by atoms with Gasteiger partial charge in [0.1, 0.15) is 65.9 Å². The number of hydrogen-bond donors (Lipinski definition) is 17. The highest BCUT2D eigenvalue weighted by Crippen LogP contribution is 2.20. The van der Waals surface area contributed by atoms with Gasteiger partial charge in [0.05, 0.1) is 12.9 Å². The topological polar surface area (TPSA) is 487 Å². The highest BCUT2D eigenvalue weighted by molar-refractivity contribution is 6.06. The van der Waals surface area contributed by atoms with E-state index in [0.29, 0.717) is 28.8 Å². The highest BCUT2D eigenvalue weighted by Gasteiger charge is 2.36. The van der Waals surface area contributed by atoms with Gasteiger partial charge in [0, 0.05) is 67.4 Å². The van der Waals surface area contributed by atoms with Crippen LogP contribution in [-0.4, -0.2) is 171 Å². The number of primary amides is 1. The predicted octanol–water partition coefficient (Wildman–Crippen LogP) is -1.45. The van der Waals surface area contributed by atoms with Crippen LogP contribution >= 0.6 is 0 Å². The van der Waals surface area contributed by atoms with Crippen LogP contribution in [0.1, 0.15) is 111 Å². The number of unbranched alkanes of at least 4 members (excludes halogenated alkanes) is 1. The van der Waals surface area contributed by atoms with Crippen molar-refractivity contribution in [2.24, 2.45) is 11.5 Å². The number of fused-ring (bicyclic) bond motifs is 8. The van der Waals surface area contributed by atoms with Crippen LogP contribution in [0, 0.1) is 0 Å². The first-order chi connectivity index (χ1) is 48.5. The molecule has 31 nitrogen and oxygen atoms in total. The first kappa shape index (κ1) is 74.8. The number of aromatic hydroxyl groups is 2. The van der Waals surface area contributed by atoms with E-state index in [-0.39, 0.29) is 105 Å². The van der Waals surface area contributed by atoms with Gasteiger partial charge in [-0.05, 0) is 117 Å². The van der Waals surface area contributed by atoms with Gasteiger partial charge >= 0.3 is 0 Å². The van der Waals surface area contributed by atoms with Crippen LogP contribution < -0.4 is 75.3 Å². The van der Waals surface area contributed by atoms with E-state index in [9.17, 15) is 72.5 Å². The number of benzene rings is 5. The maximum absolute atomic E-state index is 15.0. The lowest BCUT2D eigenvalue weighted by atomic mass is 10.0. The first-order valence-electron chi connectivity index (χ1n) is 32.8. The second-order valence-electron chi connectivity index (χ2n) is 24.4. The van der Waals surface area contributed by atoms with Crippen molar-refractivity contribution in [2.45, 2.75) is 126 Å². The smallest absolute Gasteiger partial charge is 0.252 e. The van der Waals surface area contributed by atoms with Crippen molar-refractivity contribution in [3.63, 3.8) is 0 Å². The SMILES string of the molecule is C[C@H]1NC(=O)[C@H](Cc2ccc(O)cc2)NC(=O)[C@H](c2ccccc2)NC(=O)c2cc3cc(c2)C(=O)NC[C@@H](C(N)=O)NC(=O)[C@H](Cc2cnc[nH]2)NC(=O)[C@@H](CCCCN)NC(=O)CNC(=O)[C@@H](Cc2ccccc2)NC(=O)[C@H](Cc2ccc(O)cc2)NC(=O)[C@H](CCCCNC3=O)NC1=O. The Labute approximate surface area is 580 Å². The highest BCUT2D eigenvalue weighted by atomic mass is 16.3. The van der Waals surface area contributed by atoms with Crippen LogP contribution in [0.25, 0.3) is 0 Å². The summed E-state index contributed by atoms with van der Waals surface area (Å²) in [5, 5.41) is 51.9. The van der Waals surface area contributed by atoms with E-state index in [1.54, 1.807) is 48.5 Å². The molecule has 2 aliphatic rings. The quantitative estimate of drug-likeness (QED) is 0.0555. The van der Waals surface area contributed by atoms with E-state index in [4.69, 9.17) is 11.5 Å².